The summed E-state index contributed by atoms with van der Waals surface area (Å²) < 4.78 is 31.2. The first-order chi connectivity index (χ1) is 9.49. The number of hydrogen-bond donors (Lipinski definition) is 1. The van der Waals surface area contributed by atoms with E-state index in [0.29, 0.717) is 0 Å². The topological polar surface area (TPSA) is 52.3 Å². The Morgan fingerprint density at radius 3 is 2.55 bits per heavy atom. The maximum Gasteiger partial charge on any atom is 0.340 e. The summed E-state index contributed by atoms with van der Waals surface area (Å²) in [7, 11) is 0. The highest BCUT2D eigenvalue weighted by Crippen LogP contribution is 2.19. The number of ether oxygens (including phenoxy) is 1. The standard InChI is InChI=1S/C15H21F2NO2/c1-3-5-6-10(4-2)9-20-15(19)11-7-12(16)13(17)8-14(11)18/h7-8,10H,3-6,9,18H2,1-2H3. The van der Waals surface area contributed by atoms with Crippen LogP contribution in [-0.2, 0) is 4.74 Å². The minimum Gasteiger partial charge on any atom is -0.462 e. The molecule has 1 aromatic carbocycles. The molecular formula is C15H21F2NO2. The lowest BCUT2D eigenvalue weighted by Gasteiger charge is -2.15. The van der Waals surface area contributed by atoms with Crippen LogP contribution >= 0.6 is 0 Å². The van der Waals surface area contributed by atoms with Crippen molar-refractivity contribution in [1.29, 1.82) is 0 Å². The van der Waals surface area contributed by atoms with Gasteiger partial charge in [-0.2, -0.15) is 0 Å². The van der Waals surface area contributed by atoms with Crippen LogP contribution in [0.25, 0.3) is 0 Å². The second kappa shape index (κ2) is 7.82. The SMILES string of the molecule is CCCCC(CC)COC(=O)c1cc(F)c(F)cc1N. The maximum absolute atomic E-state index is 13.1. The van der Waals surface area contributed by atoms with Gasteiger partial charge in [-0.25, -0.2) is 13.6 Å². The molecule has 0 saturated carbocycles. The fourth-order valence-corrected chi connectivity index (χ4v) is 1.91. The summed E-state index contributed by atoms with van der Waals surface area (Å²) in [5, 5.41) is 0. The van der Waals surface area contributed by atoms with E-state index in [1.165, 1.54) is 0 Å². The zero-order valence-corrected chi connectivity index (χ0v) is 11.9. The Labute approximate surface area is 118 Å². The molecule has 0 saturated heterocycles. The second-order valence-corrected chi connectivity index (χ2v) is 4.87. The normalized spacial score (nSPS) is 12.2. The van der Waals surface area contributed by atoms with E-state index < -0.39 is 17.6 Å². The number of nitrogens with two attached hydrogens (primary N) is 1. The summed E-state index contributed by atoms with van der Waals surface area (Å²) in [4.78, 5) is 11.8. The van der Waals surface area contributed by atoms with Crippen LogP contribution in [0.1, 0.15) is 49.9 Å². The van der Waals surface area contributed by atoms with Gasteiger partial charge in [0.15, 0.2) is 11.6 Å². The van der Waals surface area contributed by atoms with Crippen molar-refractivity contribution < 1.29 is 18.3 Å². The van der Waals surface area contributed by atoms with Crippen LogP contribution in [0.5, 0.6) is 0 Å². The number of anilines is 1. The molecule has 1 rings (SSSR count). The van der Waals surface area contributed by atoms with E-state index in [0.717, 1.165) is 37.8 Å². The number of halogens is 2. The van der Waals surface area contributed by atoms with Crippen molar-refractivity contribution in [3.05, 3.63) is 29.3 Å². The summed E-state index contributed by atoms with van der Waals surface area (Å²) in [5.41, 5.74) is 5.26. The smallest absolute Gasteiger partial charge is 0.340 e. The molecule has 0 bridgehead atoms. The van der Waals surface area contributed by atoms with E-state index in [1.807, 2.05) is 6.92 Å². The highest BCUT2D eigenvalue weighted by molar-refractivity contribution is 5.95. The fourth-order valence-electron chi connectivity index (χ4n) is 1.91. The molecule has 0 amide bonds. The zero-order valence-electron chi connectivity index (χ0n) is 11.9. The van der Waals surface area contributed by atoms with Gasteiger partial charge in [0.1, 0.15) is 0 Å². The molecule has 3 nitrogen and oxygen atoms in total. The Morgan fingerprint density at radius 1 is 1.30 bits per heavy atom. The van der Waals surface area contributed by atoms with E-state index in [1.54, 1.807) is 0 Å². The highest BCUT2D eigenvalue weighted by Gasteiger charge is 2.17. The number of benzene rings is 1. The van der Waals surface area contributed by atoms with Crippen LogP contribution < -0.4 is 5.73 Å². The van der Waals surface area contributed by atoms with Crippen molar-refractivity contribution in [3.63, 3.8) is 0 Å². The Morgan fingerprint density at radius 2 is 1.95 bits per heavy atom. The Balaban J connectivity index is 2.65. The summed E-state index contributed by atoms with van der Waals surface area (Å²) in [6.45, 7) is 4.40. The number of hydrogen-bond acceptors (Lipinski definition) is 3. The van der Waals surface area contributed by atoms with E-state index in [4.69, 9.17) is 10.5 Å². The molecule has 0 aromatic heterocycles. The number of nitrogen functional groups attached to an aromatic ring is 1. The summed E-state index contributed by atoms with van der Waals surface area (Å²) in [6, 6.07) is 1.57. The molecule has 20 heavy (non-hydrogen) atoms. The molecule has 0 heterocycles. The molecule has 0 radical (unpaired) electrons. The van der Waals surface area contributed by atoms with Crippen molar-refractivity contribution in [3.8, 4) is 0 Å². The van der Waals surface area contributed by atoms with Crippen LogP contribution in [0.2, 0.25) is 0 Å². The van der Waals surface area contributed by atoms with Crippen LogP contribution in [0, 0.1) is 17.6 Å². The van der Waals surface area contributed by atoms with Crippen LogP contribution in [0.4, 0.5) is 14.5 Å². The Hall–Kier alpha value is -1.65. The van der Waals surface area contributed by atoms with Crippen molar-refractivity contribution in [2.45, 2.75) is 39.5 Å². The minimum absolute atomic E-state index is 0.115. The van der Waals surface area contributed by atoms with Gasteiger partial charge in [-0.3, -0.25) is 0 Å². The van der Waals surface area contributed by atoms with Gasteiger partial charge in [0.2, 0.25) is 0 Å². The average molecular weight is 285 g/mol. The molecule has 0 aliphatic heterocycles. The number of rotatable bonds is 7. The van der Waals surface area contributed by atoms with Crippen LogP contribution in [0.15, 0.2) is 12.1 Å². The lowest BCUT2D eigenvalue weighted by molar-refractivity contribution is 0.0429. The van der Waals surface area contributed by atoms with Gasteiger partial charge < -0.3 is 10.5 Å². The molecule has 1 aromatic rings. The van der Waals surface area contributed by atoms with Gasteiger partial charge in [-0.1, -0.05) is 33.1 Å². The molecule has 0 aliphatic carbocycles. The first-order valence-corrected chi connectivity index (χ1v) is 6.91. The first-order valence-electron chi connectivity index (χ1n) is 6.91. The Bertz CT molecular complexity index is 463. The van der Waals surface area contributed by atoms with E-state index >= 15 is 0 Å². The van der Waals surface area contributed by atoms with Gasteiger partial charge in [-0.15, -0.1) is 0 Å². The third-order valence-electron chi connectivity index (χ3n) is 3.31. The third-order valence-corrected chi connectivity index (χ3v) is 3.31. The van der Waals surface area contributed by atoms with Gasteiger partial charge >= 0.3 is 5.97 Å². The average Bonchev–Trinajstić information content (AvgIpc) is 2.42. The van der Waals surface area contributed by atoms with Crippen molar-refractivity contribution >= 4 is 11.7 Å². The molecule has 1 unspecified atom stereocenters. The van der Waals surface area contributed by atoms with Crippen molar-refractivity contribution in [1.82, 2.24) is 0 Å². The first kappa shape index (κ1) is 16.4. The predicted octanol–water partition coefficient (Wildman–Crippen LogP) is 3.92. The molecule has 0 aliphatic rings. The molecule has 2 N–H and O–H groups in total. The van der Waals surface area contributed by atoms with Crippen molar-refractivity contribution in [2.75, 3.05) is 12.3 Å². The maximum atomic E-state index is 13.1. The molecule has 0 fully saturated rings. The van der Waals surface area contributed by atoms with Gasteiger partial charge in [0.25, 0.3) is 0 Å². The number of unbranched alkanes of at least 4 members (excludes halogenated alkanes) is 1. The number of carbonyl (C=O) groups is 1. The third kappa shape index (κ3) is 4.47. The van der Waals surface area contributed by atoms with Crippen LogP contribution in [-0.4, -0.2) is 12.6 Å². The largest absolute Gasteiger partial charge is 0.462 e. The van der Waals surface area contributed by atoms with E-state index in [9.17, 15) is 13.6 Å². The lowest BCUT2D eigenvalue weighted by Crippen LogP contribution is -2.15. The summed E-state index contributed by atoms with van der Waals surface area (Å²) >= 11 is 0. The van der Waals surface area contributed by atoms with Gasteiger partial charge in [0, 0.05) is 11.8 Å². The van der Waals surface area contributed by atoms with E-state index in [-0.39, 0.29) is 23.8 Å². The number of esters is 1. The monoisotopic (exact) mass is 285 g/mol. The summed E-state index contributed by atoms with van der Waals surface area (Å²) in [6.07, 6.45) is 4.04. The molecule has 5 heteroatoms. The minimum atomic E-state index is -1.11. The lowest BCUT2D eigenvalue weighted by atomic mass is 10.0. The molecular weight excluding hydrogens is 264 g/mol. The van der Waals surface area contributed by atoms with E-state index in [2.05, 4.69) is 6.92 Å². The Kier molecular flexibility index (Phi) is 6.42. The van der Waals surface area contributed by atoms with Gasteiger partial charge in [0.05, 0.1) is 12.2 Å². The second-order valence-electron chi connectivity index (χ2n) is 4.87. The highest BCUT2D eigenvalue weighted by atomic mass is 19.2. The predicted molar refractivity (Wildman–Crippen MR) is 74.4 cm³/mol. The quantitative estimate of drug-likeness (QED) is 0.610. The molecule has 0 spiro atoms. The van der Waals surface area contributed by atoms with Crippen LogP contribution in [0.3, 0.4) is 0 Å². The summed E-state index contributed by atoms with van der Waals surface area (Å²) in [5.74, 6) is -2.61. The molecule has 112 valence electrons. The fraction of sp³-hybridized carbons (Fsp3) is 0.533. The zero-order chi connectivity index (χ0) is 15.1. The van der Waals surface area contributed by atoms with Gasteiger partial charge in [-0.05, 0) is 18.4 Å². The molecule has 1 atom stereocenters. The van der Waals surface area contributed by atoms with Crippen molar-refractivity contribution in [2.24, 2.45) is 5.92 Å². The number of carbonyl (C=O) groups excluding carboxylic acids is 1.